The second kappa shape index (κ2) is 6.85. The summed E-state index contributed by atoms with van der Waals surface area (Å²) in [6.07, 6.45) is 1.95. The van der Waals surface area contributed by atoms with Crippen molar-refractivity contribution < 1.29 is 4.52 Å². The van der Waals surface area contributed by atoms with Gasteiger partial charge in [0.1, 0.15) is 0 Å². The molecule has 1 rings (SSSR count). The third-order valence-corrected chi connectivity index (χ3v) is 3.27. The summed E-state index contributed by atoms with van der Waals surface area (Å²) in [7, 11) is 0. The molecule has 0 aliphatic rings. The van der Waals surface area contributed by atoms with E-state index < -0.39 is 0 Å². The van der Waals surface area contributed by atoms with Crippen molar-refractivity contribution in [1.82, 2.24) is 10.1 Å². The number of hydrogen-bond donors (Lipinski definition) is 1. The fourth-order valence-electron chi connectivity index (χ4n) is 1.09. The molecule has 4 nitrogen and oxygen atoms in total. The monoisotopic (exact) mass is 229 g/mol. The Hall–Kier alpha value is -0.550. The maximum atomic E-state index is 5.53. The minimum Gasteiger partial charge on any atom is -0.338 e. The van der Waals surface area contributed by atoms with Crippen molar-refractivity contribution in [3.05, 3.63) is 11.7 Å². The number of aromatic nitrogens is 2. The highest BCUT2D eigenvalue weighted by Crippen LogP contribution is 2.13. The van der Waals surface area contributed by atoms with Crippen LogP contribution < -0.4 is 5.73 Å². The number of thioether (sulfide) groups is 1. The molecule has 1 heterocycles. The summed E-state index contributed by atoms with van der Waals surface area (Å²) in [5, 5.41) is 3.90. The molecule has 0 spiro atoms. The van der Waals surface area contributed by atoms with Crippen molar-refractivity contribution in [3.63, 3.8) is 0 Å². The van der Waals surface area contributed by atoms with Crippen LogP contribution in [-0.4, -0.2) is 22.4 Å². The van der Waals surface area contributed by atoms with Crippen molar-refractivity contribution >= 4 is 11.8 Å². The number of rotatable bonds is 7. The van der Waals surface area contributed by atoms with Gasteiger partial charge in [0.15, 0.2) is 5.82 Å². The average molecular weight is 229 g/mol. The third-order valence-electron chi connectivity index (χ3n) is 2.01. The molecule has 0 saturated heterocycles. The van der Waals surface area contributed by atoms with Gasteiger partial charge < -0.3 is 10.3 Å². The molecule has 0 saturated carbocycles. The van der Waals surface area contributed by atoms with Crippen LogP contribution in [0.15, 0.2) is 4.52 Å². The van der Waals surface area contributed by atoms with Crippen LogP contribution in [0, 0.1) is 5.92 Å². The second-order valence-electron chi connectivity index (χ2n) is 3.71. The largest absolute Gasteiger partial charge is 0.338 e. The van der Waals surface area contributed by atoms with Gasteiger partial charge in [0.25, 0.3) is 0 Å². The van der Waals surface area contributed by atoms with E-state index in [1.807, 2.05) is 0 Å². The molecule has 0 amide bonds. The molecule has 1 aromatic rings. The van der Waals surface area contributed by atoms with Crippen molar-refractivity contribution in [2.45, 2.75) is 32.4 Å². The van der Waals surface area contributed by atoms with E-state index in [0.717, 1.165) is 42.6 Å². The van der Waals surface area contributed by atoms with E-state index in [9.17, 15) is 0 Å². The highest BCUT2D eigenvalue weighted by atomic mass is 32.2. The van der Waals surface area contributed by atoms with Crippen LogP contribution in [0.5, 0.6) is 0 Å². The van der Waals surface area contributed by atoms with Gasteiger partial charge in [-0.05, 0) is 24.6 Å². The molecule has 1 aromatic heterocycles. The Balaban J connectivity index is 2.25. The molecule has 86 valence electrons. The molecule has 0 bridgehead atoms. The molecule has 1 atom stereocenters. The molecule has 1 unspecified atom stereocenters. The van der Waals surface area contributed by atoms with Gasteiger partial charge in [-0.15, -0.1) is 0 Å². The van der Waals surface area contributed by atoms with E-state index in [1.165, 1.54) is 0 Å². The Kier molecular flexibility index (Phi) is 5.71. The van der Waals surface area contributed by atoms with Crippen molar-refractivity contribution in [2.24, 2.45) is 11.7 Å². The fraction of sp³-hybridized carbons (Fsp3) is 0.800. The Bertz CT molecular complexity index is 277. The number of nitrogens with two attached hydrogens (primary N) is 1. The van der Waals surface area contributed by atoms with Gasteiger partial charge in [-0.2, -0.15) is 16.7 Å². The summed E-state index contributed by atoms with van der Waals surface area (Å²) in [6.45, 7) is 4.98. The van der Waals surface area contributed by atoms with Gasteiger partial charge >= 0.3 is 0 Å². The summed E-state index contributed by atoms with van der Waals surface area (Å²) < 4.78 is 5.12. The van der Waals surface area contributed by atoms with E-state index >= 15 is 0 Å². The van der Waals surface area contributed by atoms with Gasteiger partial charge in [0.05, 0.1) is 5.75 Å². The summed E-state index contributed by atoms with van der Waals surface area (Å²) in [5.74, 6) is 3.93. The first-order chi connectivity index (χ1) is 7.26. The zero-order valence-corrected chi connectivity index (χ0v) is 10.2. The molecule has 15 heavy (non-hydrogen) atoms. The first kappa shape index (κ1) is 12.5. The van der Waals surface area contributed by atoms with Crippen LogP contribution in [0.1, 0.15) is 32.0 Å². The maximum absolute atomic E-state index is 5.53. The second-order valence-corrected chi connectivity index (χ2v) is 4.74. The Morgan fingerprint density at radius 3 is 3.00 bits per heavy atom. The molecule has 0 aromatic carbocycles. The summed E-state index contributed by atoms with van der Waals surface area (Å²) in [5.41, 5.74) is 5.53. The molecule has 0 radical (unpaired) electrons. The first-order valence-electron chi connectivity index (χ1n) is 5.35. The van der Waals surface area contributed by atoms with E-state index in [1.54, 1.807) is 11.8 Å². The average Bonchev–Trinajstić information content (AvgIpc) is 2.66. The normalized spacial score (nSPS) is 13.0. The Morgan fingerprint density at radius 2 is 2.33 bits per heavy atom. The van der Waals surface area contributed by atoms with Crippen molar-refractivity contribution in [3.8, 4) is 0 Å². The van der Waals surface area contributed by atoms with Gasteiger partial charge in [-0.3, -0.25) is 0 Å². The van der Waals surface area contributed by atoms with Crippen molar-refractivity contribution in [1.29, 1.82) is 0 Å². The minimum atomic E-state index is 0.549. The van der Waals surface area contributed by atoms with Gasteiger partial charge in [-0.25, -0.2) is 0 Å². The lowest BCUT2D eigenvalue weighted by molar-refractivity contribution is 0.384. The lowest BCUT2D eigenvalue weighted by atomic mass is 10.2. The van der Waals surface area contributed by atoms with Crippen LogP contribution in [-0.2, 0) is 12.2 Å². The quantitative estimate of drug-likeness (QED) is 0.773. The van der Waals surface area contributed by atoms with Crippen LogP contribution >= 0.6 is 11.8 Å². The molecule has 2 N–H and O–H groups in total. The zero-order valence-electron chi connectivity index (χ0n) is 9.40. The topological polar surface area (TPSA) is 64.9 Å². The molecule has 0 fully saturated rings. The van der Waals surface area contributed by atoms with E-state index in [0.29, 0.717) is 5.92 Å². The minimum absolute atomic E-state index is 0.549. The highest BCUT2D eigenvalue weighted by Gasteiger charge is 2.06. The lowest BCUT2D eigenvalue weighted by Gasteiger charge is -2.05. The van der Waals surface area contributed by atoms with Crippen molar-refractivity contribution in [2.75, 3.05) is 12.3 Å². The molecular formula is C10H19N3OS. The smallest absolute Gasteiger partial charge is 0.236 e. The summed E-state index contributed by atoms with van der Waals surface area (Å²) >= 11 is 1.79. The SMILES string of the molecule is CCCc1noc(CSCC(C)CN)n1. The standard InChI is InChI=1S/C10H19N3OS/c1-3-4-9-12-10(14-13-9)7-15-6-8(2)5-11/h8H,3-7,11H2,1-2H3. The molecule has 0 aliphatic carbocycles. The van der Waals surface area contributed by atoms with E-state index in [4.69, 9.17) is 10.3 Å². The zero-order chi connectivity index (χ0) is 11.1. The van der Waals surface area contributed by atoms with Gasteiger partial charge in [0.2, 0.25) is 5.89 Å². The van der Waals surface area contributed by atoms with Crippen LogP contribution in [0.25, 0.3) is 0 Å². The van der Waals surface area contributed by atoms with Crippen LogP contribution in [0.3, 0.4) is 0 Å². The van der Waals surface area contributed by atoms with Crippen LogP contribution in [0.4, 0.5) is 0 Å². The first-order valence-corrected chi connectivity index (χ1v) is 6.51. The predicted octanol–water partition coefficient (Wildman–Crippen LogP) is 1.85. The fourth-order valence-corrected chi connectivity index (χ4v) is 2.04. The molecular weight excluding hydrogens is 210 g/mol. The third kappa shape index (κ3) is 4.66. The van der Waals surface area contributed by atoms with E-state index in [-0.39, 0.29) is 0 Å². The van der Waals surface area contributed by atoms with Gasteiger partial charge in [0, 0.05) is 6.42 Å². The molecule has 0 aliphatic heterocycles. The number of aryl methyl sites for hydroxylation is 1. The Labute approximate surface area is 95.0 Å². The number of hydrogen-bond acceptors (Lipinski definition) is 5. The predicted molar refractivity (Wildman–Crippen MR) is 62.7 cm³/mol. The van der Waals surface area contributed by atoms with E-state index in [2.05, 4.69) is 24.0 Å². The highest BCUT2D eigenvalue weighted by molar-refractivity contribution is 7.98. The maximum Gasteiger partial charge on any atom is 0.236 e. The lowest BCUT2D eigenvalue weighted by Crippen LogP contribution is -2.12. The molecule has 5 heteroatoms. The number of nitrogens with zero attached hydrogens (tertiary/aromatic N) is 2. The van der Waals surface area contributed by atoms with Gasteiger partial charge in [-0.1, -0.05) is 19.0 Å². The summed E-state index contributed by atoms with van der Waals surface area (Å²) in [6, 6.07) is 0. The van der Waals surface area contributed by atoms with Crippen LogP contribution in [0.2, 0.25) is 0 Å². The summed E-state index contributed by atoms with van der Waals surface area (Å²) in [4.78, 5) is 4.29. The Morgan fingerprint density at radius 1 is 1.53 bits per heavy atom.